The molecule has 1 rings (SSSR count). The van der Waals surface area contributed by atoms with Crippen molar-refractivity contribution in [3.63, 3.8) is 0 Å². The van der Waals surface area contributed by atoms with E-state index in [-0.39, 0.29) is 12.0 Å². The van der Waals surface area contributed by atoms with Crippen LogP contribution in [0.3, 0.4) is 0 Å². The third-order valence-electron chi connectivity index (χ3n) is 2.26. The van der Waals surface area contributed by atoms with Gasteiger partial charge in [0, 0.05) is 23.9 Å². The molecule has 0 unspecified atom stereocenters. The molecular formula is C10H15F3N2S. The number of aromatic amines is 1. The van der Waals surface area contributed by atoms with E-state index in [9.17, 15) is 13.2 Å². The van der Waals surface area contributed by atoms with Gasteiger partial charge in [-0.05, 0) is 12.2 Å². The first-order valence-electron chi connectivity index (χ1n) is 4.97. The van der Waals surface area contributed by atoms with Gasteiger partial charge in [-0.1, -0.05) is 20.8 Å². The molecule has 0 radical (unpaired) electrons. The Morgan fingerprint density at radius 3 is 2.31 bits per heavy atom. The fourth-order valence-electron chi connectivity index (χ4n) is 1.48. The molecule has 6 heteroatoms. The summed E-state index contributed by atoms with van der Waals surface area (Å²) in [5.41, 5.74) is 0.570. The Labute approximate surface area is 97.5 Å². The number of aromatic nitrogens is 2. The molecule has 0 fully saturated rings. The number of nitrogens with one attached hydrogen (secondary N) is 1. The summed E-state index contributed by atoms with van der Waals surface area (Å²) < 4.78 is 38.3. The van der Waals surface area contributed by atoms with Gasteiger partial charge in [-0.15, -0.1) is 0 Å². The number of hydrogen-bond donors (Lipinski definition) is 1. The molecule has 0 aliphatic rings. The summed E-state index contributed by atoms with van der Waals surface area (Å²) in [5.74, 6) is 0. The van der Waals surface area contributed by atoms with Crippen LogP contribution in [0.25, 0.3) is 0 Å². The second kappa shape index (κ2) is 4.24. The summed E-state index contributed by atoms with van der Waals surface area (Å²) in [6.45, 7) is 5.69. The standard InChI is InChI=1S/C10H15F3N2S/c1-9(2,3)7-6-14-8(16)15(7)5-4-10(11,12)13/h6H,4-5H2,1-3H3,(H,14,16). The Kier molecular flexibility index (Phi) is 3.52. The molecule has 0 atom stereocenters. The van der Waals surface area contributed by atoms with E-state index in [1.54, 1.807) is 6.20 Å². The predicted octanol–water partition coefficient (Wildman–Crippen LogP) is 3.80. The van der Waals surface area contributed by atoms with Crippen LogP contribution < -0.4 is 0 Å². The van der Waals surface area contributed by atoms with Crippen LogP contribution in [0, 0.1) is 4.77 Å². The molecule has 0 aromatic carbocycles. The number of hydrogen-bond acceptors (Lipinski definition) is 1. The van der Waals surface area contributed by atoms with Crippen molar-refractivity contribution in [1.82, 2.24) is 9.55 Å². The summed E-state index contributed by atoms with van der Waals surface area (Å²) in [6.07, 6.45) is -3.33. The van der Waals surface area contributed by atoms with Crippen molar-refractivity contribution in [2.75, 3.05) is 0 Å². The van der Waals surface area contributed by atoms with Gasteiger partial charge in [-0.3, -0.25) is 0 Å². The topological polar surface area (TPSA) is 20.7 Å². The van der Waals surface area contributed by atoms with Crippen LogP contribution in [0.1, 0.15) is 32.9 Å². The Morgan fingerprint density at radius 2 is 1.88 bits per heavy atom. The van der Waals surface area contributed by atoms with Crippen molar-refractivity contribution in [3.05, 3.63) is 16.7 Å². The third kappa shape index (κ3) is 3.37. The van der Waals surface area contributed by atoms with Crippen LogP contribution in [0.5, 0.6) is 0 Å². The fraction of sp³-hybridized carbons (Fsp3) is 0.700. The normalized spacial score (nSPS) is 13.1. The van der Waals surface area contributed by atoms with Crippen LogP contribution >= 0.6 is 12.2 Å². The Balaban J connectivity index is 2.96. The molecular weight excluding hydrogens is 237 g/mol. The molecule has 0 amide bonds. The molecule has 1 aromatic rings. The maximum atomic E-state index is 12.1. The first-order chi connectivity index (χ1) is 7.11. The van der Waals surface area contributed by atoms with Gasteiger partial charge in [0.1, 0.15) is 0 Å². The number of imidazole rings is 1. The highest BCUT2D eigenvalue weighted by molar-refractivity contribution is 7.71. The fourth-order valence-corrected chi connectivity index (χ4v) is 1.73. The van der Waals surface area contributed by atoms with E-state index in [0.29, 0.717) is 4.77 Å². The molecule has 92 valence electrons. The van der Waals surface area contributed by atoms with Crippen LogP contribution in [-0.2, 0) is 12.0 Å². The van der Waals surface area contributed by atoms with Gasteiger partial charge >= 0.3 is 6.18 Å². The summed E-state index contributed by atoms with van der Waals surface area (Å²) in [4.78, 5) is 2.79. The molecule has 1 aromatic heterocycles. The van der Waals surface area contributed by atoms with Crippen molar-refractivity contribution in [3.8, 4) is 0 Å². The monoisotopic (exact) mass is 252 g/mol. The summed E-state index contributed by atoms with van der Waals surface area (Å²) in [5, 5.41) is 0. The third-order valence-corrected chi connectivity index (χ3v) is 2.59. The number of halogens is 3. The highest BCUT2D eigenvalue weighted by Gasteiger charge is 2.28. The lowest BCUT2D eigenvalue weighted by atomic mass is 9.92. The van der Waals surface area contributed by atoms with Gasteiger partial charge in [-0.25, -0.2) is 0 Å². The summed E-state index contributed by atoms with van der Waals surface area (Å²) in [6, 6.07) is 0. The molecule has 0 saturated heterocycles. The quantitative estimate of drug-likeness (QED) is 0.794. The number of nitrogens with zero attached hydrogens (tertiary/aromatic N) is 1. The van der Waals surface area contributed by atoms with Crippen molar-refractivity contribution in [1.29, 1.82) is 0 Å². The lowest BCUT2D eigenvalue weighted by Gasteiger charge is -2.21. The van der Waals surface area contributed by atoms with Crippen molar-refractivity contribution in [2.45, 2.75) is 45.3 Å². The average molecular weight is 252 g/mol. The second-order valence-electron chi connectivity index (χ2n) is 4.75. The Morgan fingerprint density at radius 1 is 1.31 bits per heavy atom. The molecule has 0 bridgehead atoms. The smallest absolute Gasteiger partial charge is 0.337 e. The van der Waals surface area contributed by atoms with E-state index < -0.39 is 12.6 Å². The molecule has 0 aliphatic heterocycles. The largest absolute Gasteiger partial charge is 0.390 e. The van der Waals surface area contributed by atoms with Crippen LogP contribution in [0.4, 0.5) is 13.2 Å². The van der Waals surface area contributed by atoms with E-state index in [2.05, 4.69) is 4.98 Å². The molecule has 1 heterocycles. The highest BCUT2D eigenvalue weighted by atomic mass is 32.1. The van der Waals surface area contributed by atoms with E-state index in [1.807, 2.05) is 20.8 Å². The number of rotatable bonds is 2. The number of alkyl halides is 3. The highest BCUT2D eigenvalue weighted by Crippen LogP contribution is 2.25. The lowest BCUT2D eigenvalue weighted by Crippen LogP contribution is -2.20. The molecule has 16 heavy (non-hydrogen) atoms. The van der Waals surface area contributed by atoms with Gasteiger partial charge < -0.3 is 9.55 Å². The van der Waals surface area contributed by atoms with Crippen LogP contribution in [0.2, 0.25) is 0 Å². The van der Waals surface area contributed by atoms with Crippen molar-refractivity contribution in [2.24, 2.45) is 0 Å². The molecule has 1 N–H and O–H groups in total. The zero-order valence-electron chi connectivity index (χ0n) is 9.48. The predicted molar refractivity (Wildman–Crippen MR) is 59.0 cm³/mol. The maximum absolute atomic E-state index is 12.1. The first kappa shape index (κ1) is 13.3. The zero-order chi connectivity index (χ0) is 12.6. The molecule has 0 saturated carbocycles. The Hall–Kier alpha value is -0.780. The van der Waals surface area contributed by atoms with Crippen molar-refractivity contribution < 1.29 is 13.2 Å². The van der Waals surface area contributed by atoms with Gasteiger partial charge in [0.15, 0.2) is 4.77 Å². The molecule has 0 aliphatic carbocycles. The lowest BCUT2D eigenvalue weighted by molar-refractivity contribution is -0.136. The first-order valence-corrected chi connectivity index (χ1v) is 5.37. The van der Waals surface area contributed by atoms with E-state index in [1.165, 1.54) is 4.57 Å². The summed E-state index contributed by atoms with van der Waals surface area (Å²) >= 11 is 4.97. The van der Waals surface area contributed by atoms with E-state index in [0.717, 1.165) is 5.69 Å². The van der Waals surface area contributed by atoms with Gasteiger partial charge in [-0.2, -0.15) is 13.2 Å². The minimum absolute atomic E-state index is 0.127. The van der Waals surface area contributed by atoms with E-state index >= 15 is 0 Å². The van der Waals surface area contributed by atoms with Crippen LogP contribution in [0.15, 0.2) is 6.20 Å². The van der Waals surface area contributed by atoms with E-state index in [4.69, 9.17) is 12.2 Å². The van der Waals surface area contributed by atoms with Gasteiger partial charge in [0.2, 0.25) is 0 Å². The van der Waals surface area contributed by atoms with Gasteiger partial charge in [0.05, 0.1) is 6.42 Å². The Bertz CT molecular complexity index is 409. The summed E-state index contributed by atoms with van der Waals surface area (Å²) in [7, 11) is 0. The average Bonchev–Trinajstić information content (AvgIpc) is 2.41. The van der Waals surface area contributed by atoms with Gasteiger partial charge in [0.25, 0.3) is 0 Å². The SMILES string of the molecule is CC(C)(C)c1c[nH]c(=S)n1CCC(F)(F)F. The molecule has 0 spiro atoms. The van der Waals surface area contributed by atoms with Crippen LogP contribution in [-0.4, -0.2) is 15.7 Å². The molecule has 2 nitrogen and oxygen atoms in total. The minimum atomic E-state index is -4.15. The maximum Gasteiger partial charge on any atom is 0.390 e. The zero-order valence-corrected chi connectivity index (χ0v) is 10.3. The van der Waals surface area contributed by atoms with Crippen molar-refractivity contribution >= 4 is 12.2 Å². The minimum Gasteiger partial charge on any atom is -0.337 e. The second-order valence-corrected chi connectivity index (χ2v) is 5.13. The number of H-pyrrole nitrogens is 1.